The number of carbonyl (C=O) groups excluding carboxylic acids is 3. The minimum atomic E-state index is -0.762. The largest absolute Gasteiger partial charge is 0.462 e. The maximum Gasteiger partial charge on any atom is 0.306 e. The smallest absolute Gasteiger partial charge is 0.306 e. The molecule has 0 aliphatic rings. The molecule has 0 bridgehead atoms. The van der Waals surface area contributed by atoms with Gasteiger partial charge >= 0.3 is 17.9 Å². The summed E-state index contributed by atoms with van der Waals surface area (Å²) >= 11 is 0. The summed E-state index contributed by atoms with van der Waals surface area (Å²) in [6, 6.07) is 0. The number of esters is 3. The topological polar surface area (TPSA) is 78.9 Å². The fourth-order valence-electron chi connectivity index (χ4n) is 8.87. The summed E-state index contributed by atoms with van der Waals surface area (Å²) in [7, 11) is 0. The molecule has 64 heavy (non-hydrogen) atoms. The molecule has 0 fully saturated rings. The van der Waals surface area contributed by atoms with E-state index in [9.17, 15) is 14.4 Å². The first kappa shape index (κ1) is 62.4. The molecule has 0 N–H and O–H groups in total. The predicted molar refractivity (Wildman–Crippen MR) is 275 cm³/mol. The van der Waals surface area contributed by atoms with Crippen molar-refractivity contribution in [2.24, 2.45) is 11.8 Å². The first-order valence-corrected chi connectivity index (χ1v) is 28.7. The fraction of sp³-hybridized carbons (Fsp3) is 0.948. The molecule has 380 valence electrons. The molecule has 6 heteroatoms. The highest BCUT2D eigenvalue weighted by Crippen LogP contribution is 2.18. The average molecular weight is 906 g/mol. The lowest BCUT2D eigenvalue weighted by molar-refractivity contribution is -0.167. The van der Waals surface area contributed by atoms with Crippen LogP contribution in [0.25, 0.3) is 0 Å². The zero-order chi connectivity index (χ0) is 46.8. The highest BCUT2D eigenvalue weighted by molar-refractivity contribution is 5.71. The minimum Gasteiger partial charge on any atom is -0.462 e. The Balaban J connectivity index is 4.28. The van der Waals surface area contributed by atoms with Crippen molar-refractivity contribution in [1.82, 2.24) is 0 Å². The van der Waals surface area contributed by atoms with Crippen LogP contribution in [-0.2, 0) is 28.6 Å². The van der Waals surface area contributed by atoms with Gasteiger partial charge in [0.1, 0.15) is 13.2 Å². The summed E-state index contributed by atoms with van der Waals surface area (Å²) < 4.78 is 16.9. The van der Waals surface area contributed by atoms with Crippen molar-refractivity contribution in [3.63, 3.8) is 0 Å². The molecule has 0 radical (unpaired) electrons. The van der Waals surface area contributed by atoms with Crippen molar-refractivity contribution in [2.75, 3.05) is 13.2 Å². The maximum absolute atomic E-state index is 12.8. The molecule has 0 aliphatic heterocycles. The van der Waals surface area contributed by atoms with Crippen LogP contribution in [0.15, 0.2) is 0 Å². The lowest BCUT2D eigenvalue weighted by Crippen LogP contribution is -2.30. The van der Waals surface area contributed by atoms with Crippen LogP contribution >= 0.6 is 0 Å². The summed E-state index contributed by atoms with van der Waals surface area (Å²) in [4.78, 5) is 38.1. The standard InChI is InChI=1S/C58H112O6/c1-6-7-8-9-10-11-12-23-28-33-38-43-48-56(59)62-51-55(52-63-57(60)49-44-39-34-29-24-20-16-18-22-27-32-37-42-47-54(4)5)64-58(61)50-45-40-35-30-25-19-15-13-14-17-21-26-31-36-41-46-53(2)3/h53-55H,6-52H2,1-5H3/t55-/m0/s1. The number of unbranched alkanes of at least 4 members (excludes halogenated alkanes) is 37. The van der Waals surface area contributed by atoms with Gasteiger partial charge in [-0.1, -0.05) is 285 Å². The second-order valence-corrected chi connectivity index (χ2v) is 20.9. The molecular formula is C58H112O6. The van der Waals surface area contributed by atoms with Gasteiger partial charge in [-0.25, -0.2) is 0 Å². The molecule has 0 unspecified atom stereocenters. The Morgan fingerprint density at radius 3 is 0.766 bits per heavy atom. The van der Waals surface area contributed by atoms with Gasteiger partial charge in [-0.2, -0.15) is 0 Å². The molecular weight excluding hydrogens is 793 g/mol. The van der Waals surface area contributed by atoms with E-state index < -0.39 is 6.10 Å². The summed E-state index contributed by atoms with van der Waals surface area (Å²) in [5.74, 6) is 0.848. The van der Waals surface area contributed by atoms with Crippen LogP contribution in [0.5, 0.6) is 0 Å². The molecule has 0 amide bonds. The number of ether oxygens (including phenoxy) is 3. The highest BCUT2D eigenvalue weighted by atomic mass is 16.6. The summed E-state index contributed by atoms with van der Waals surface area (Å²) in [5, 5.41) is 0. The van der Waals surface area contributed by atoms with Crippen LogP contribution in [0.2, 0.25) is 0 Å². The van der Waals surface area contributed by atoms with Crippen molar-refractivity contribution >= 4 is 17.9 Å². The number of hydrogen-bond acceptors (Lipinski definition) is 6. The Kier molecular flexibility index (Phi) is 49.6. The van der Waals surface area contributed by atoms with Crippen LogP contribution in [0.1, 0.15) is 324 Å². The second-order valence-electron chi connectivity index (χ2n) is 20.9. The first-order valence-electron chi connectivity index (χ1n) is 28.7. The highest BCUT2D eigenvalue weighted by Gasteiger charge is 2.19. The number of rotatable bonds is 52. The molecule has 0 saturated heterocycles. The van der Waals surface area contributed by atoms with E-state index in [1.807, 2.05) is 0 Å². The Morgan fingerprint density at radius 1 is 0.297 bits per heavy atom. The van der Waals surface area contributed by atoms with Crippen molar-refractivity contribution in [2.45, 2.75) is 330 Å². The van der Waals surface area contributed by atoms with E-state index in [0.717, 1.165) is 69.6 Å². The molecule has 0 heterocycles. The molecule has 0 aromatic heterocycles. The lowest BCUT2D eigenvalue weighted by Gasteiger charge is -2.18. The van der Waals surface area contributed by atoms with E-state index in [-0.39, 0.29) is 31.1 Å². The van der Waals surface area contributed by atoms with E-state index in [0.29, 0.717) is 19.3 Å². The molecule has 0 aliphatic carbocycles. The second kappa shape index (κ2) is 50.8. The van der Waals surface area contributed by atoms with Crippen LogP contribution in [0, 0.1) is 11.8 Å². The summed E-state index contributed by atoms with van der Waals surface area (Å²) in [6.07, 6.45) is 53.8. The minimum absolute atomic E-state index is 0.0626. The zero-order valence-electron chi connectivity index (χ0n) is 43.9. The summed E-state index contributed by atoms with van der Waals surface area (Å²) in [5.41, 5.74) is 0. The normalized spacial score (nSPS) is 12.0. The van der Waals surface area contributed by atoms with E-state index in [4.69, 9.17) is 14.2 Å². The lowest BCUT2D eigenvalue weighted by atomic mass is 10.0. The van der Waals surface area contributed by atoms with Crippen molar-refractivity contribution in [3.8, 4) is 0 Å². The Bertz CT molecular complexity index is 978. The van der Waals surface area contributed by atoms with Gasteiger partial charge < -0.3 is 14.2 Å². The zero-order valence-corrected chi connectivity index (χ0v) is 43.9. The van der Waals surface area contributed by atoms with E-state index in [1.165, 1.54) is 212 Å². The molecule has 1 atom stereocenters. The fourth-order valence-corrected chi connectivity index (χ4v) is 8.87. The van der Waals surface area contributed by atoms with E-state index in [2.05, 4.69) is 34.6 Å². The van der Waals surface area contributed by atoms with Gasteiger partial charge in [0.2, 0.25) is 0 Å². The third kappa shape index (κ3) is 51.4. The predicted octanol–water partition coefficient (Wildman–Crippen LogP) is 18.9. The van der Waals surface area contributed by atoms with Crippen molar-refractivity contribution < 1.29 is 28.6 Å². The molecule has 6 nitrogen and oxygen atoms in total. The SMILES string of the molecule is CCCCCCCCCCCCCCC(=O)OC[C@@H](COC(=O)CCCCCCCCCCCCCCCC(C)C)OC(=O)CCCCCCCCCCCCCCCCCC(C)C. The Hall–Kier alpha value is -1.59. The van der Waals surface area contributed by atoms with Gasteiger partial charge in [0.05, 0.1) is 0 Å². The van der Waals surface area contributed by atoms with Gasteiger partial charge in [-0.05, 0) is 31.1 Å². The molecule has 0 saturated carbocycles. The first-order chi connectivity index (χ1) is 31.2. The van der Waals surface area contributed by atoms with Crippen LogP contribution in [-0.4, -0.2) is 37.2 Å². The monoisotopic (exact) mass is 905 g/mol. The molecule has 0 aromatic carbocycles. The van der Waals surface area contributed by atoms with Crippen molar-refractivity contribution in [3.05, 3.63) is 0 Å². The maximum atomic E-state index is 12.8. The molecule has 0 rings (SSSR count). The molecule has 0 aromatic rings. The van der Waals surface area contributed by atoms with Gasteiger partial charge in [-0.15, -0.1) is 0 Å². The van der Waals surface area contributed by atoms with Crippen LogP contribution < -0.4 is 0 Å². The third-order valence-electron chi connectivity index (χ3n) is 13.2. The van der Waals surface area contributed by atoms with E-state index >= 15 is 0 Å². The quantitative estimate of drug-likeness (QED) is 0.0344. The van der Waals surface area contributed by atoms with Crippen LogP contribution in [0.3, 0.4) is 0 Å². The van der Waals surface area contributed by atoms with Crippen molar-refractivity contribution in [1.29, 1.82) is 0 Å². The Morgan fingerprint density at radius 2 is 0.516 bits per heavy atom. The number of hydrogen-bond donors (Lipinski definition) is 0. The van der Waals surface area contributed by atoms with Crippen LogP contribution in [0.4, 0.5) is 0 Å². The van der Waals surface area contributed by atoms with Gasteiger partial charge in [0, 0.05) is 19.3 Å². The Labute approximate surface area is 399 Å². The number of carbonyl (C=O) groups is 3. The van der Waals surface area contributed by atoms with Gasteiger partial charge in [0.25, 0.3) is 0 Å². The van der Waals surface area contributed by atoms with E-state index in [1.54, 1.807) is 0 Å². The van der Waals surface area contributed by atoms with Gasteiger partial charge in [-0.3, -0.25) is 14.4 Å². The van der Waals surface area contributed by atoms with Gasteiger partial charge in [0.15, 0.2) is 6.10 Å². The average Bonchev–Trinajstić information content (AvgIpc) is 3.27. The third-order valence-corrected chi connectivity index (χ3v) is 13.2. The molecule has 0 spiro atoms. The summed E-state index contributed by atoms with van der Waals surface area (Å²) in [6.45, 7) is 11.4.